The van der Waals surface area contributed by atoms with Crippen LogP contribution >= 0.6 is 0 Å². The summed E-state index contributed by atoms with van der Waals surface area (Å²) in [5.41, 5.74) is 5.10. The molecule has 0 aromatic carbocycles. The van der Waals surface area contributed by atoms with Crippen LogP contribution in [0, 0.1) is 11.8 Å². The van der Waals surface area contributed by atoms with Gasteiger partial charge in [0.15, 0.2) is 0 Å². The lowest BCUT2D eigenvalue weighted by atomic mass is 10.0. The molecule has 0 rings (SSSR count). The van der Waals surface area contributed by atoms with Crippen LogP contribution in [0.25, 0.3) is 0 Å². The molecule has 0 aliphatic carbocycles. The van der Waals surface area contributed by atoms with Crippen molar-refractivity contribution >= 4 is 11.9 Å². The van der Waals surface area contributed by atoms with Crippen molar-refractivity contribution in [1.82, 2.24) is 10.9 Å². The second-order valence-corrected chi connectivity index (χ2v) is 4.41. The molecular formula is C10H20N2O4. The smallest absolute Gasteiger partial charge is 0.322 e. The second kappa shape index (κ2) is 6.44. The first-order valence-electron chi connectivity index (χ1n) is 5.24. The van der Waals surface area contributed by atoms with Gasteiger partial charge in [0.2, 0.25) is 0 Å². The summed E-state index contributed by atoms with van der Waals surface area (Å²) in [6.07, 6.45) is 0. The van der Waals surface area contributed by atoms with Crippen LogP contribution in [0.4, 0.5) is 0 Å². The fourth-order valence-corrected chi connectivity index (χ4v) is 1.21. The van der Waals surface area contributed by atoms with Crippen LogP contribution in [0.2, 0.25) is 0 Å². The Morgan fingerprint density at radius 2 is 1.06 bits per heavy atom. The molecule has 0 fully saturated rings. The Hall–Kier alpha value is -1.14. The summed E-state index contributed by atoms with van der Waals surface area (Å²) in [6, 6.07) is -1.61. The third-order valence-corrected chi connectivity index (χ3v) is 2.26. The fraction of sp³-hybridized carbons (Fsp3) is 0.800. The van der Waals surface area contributed by atoms with E-state index in [9.17, 15) is 9.59 Å². The number of hydrazine groups is 1. The number of carboxylic acid groups (broad SMARTS) is 2. The third kappa shape index (κ3) is 4.59. The first kappa shape index (κ1) is 14.9. The quantitative estimate of drug-likeness (QED) is 0.471. The van der Waals surface area contributed by atoms with Crippen molar-refractivity contribution in [3.8, 4) is 0 Å². The molecule has 0 saturated heterocycles. The van der Waals surface area contributed by atoms with Crippen LogP contribution < -0.4 is 10.9 Å². The van der Waals surface area contributed by atoms with E-state index in [4.69, 9.17) is 10.2 Å². The Morgan fingerprint density at radius 1 is 0.812 bits per heavy atom. The summed E-state index contributed by atoms with van der Waals surface area (Å²) in [4.78, 5) is 21.7. The van der Waals surface area contributed by atoms with E-state index in [-0.39, 0.29) is 11.8 Å². The van der Waals surface area contributed by atoms with E-state index in [0.29, 0.717) is 0 Å². The van der Waals surface area contributed by atoms with Gasteiger partial charge in [-0.1, -0.05) is 27.7 Å². The van der Waals surface area contributed by atoms with Crippen LogP contribution in [-0.4, -0.2) is 34.2 Å². The van der Waals surface area contributed by atoms with Crippen molar-refractivity contribution in [2.24, 2.45) is 11.8 Å². The maximum Gasteiger partial charge on any atom is 0.322 e. The first-order valence-corrected chi connectivity index (χ1v) is 5.24. The lowest BCUT2D eigenvalue weighted by Gasteiger charge is -2.23. The van der Waals surface area contributed by atoms with Gasteiger partial charge in [0.05, 0.1) is 0 Å². The zero-order valence-electron chi connectivity index (χ0n) is 10.0. The molecule has 0 heterocycles. The highest BCUT2D eigenvalue weighted by atomic mass is 16.4. The number of hydrogen-bond acceptors (Lipinski definition) is 4. The molecular weight excluding hydrogens is 212 g/mol. The molecule has 0 aromatic heterocycles. The Labute approximate surface area is 95.0 Å². The average Bonchev–Trinajstić information content (AvgIpc) is 2.09. The number of aliphatic carboxylic acids is 2. The molecule has 0 aliphatic heterocycles. The highest BCUT2D eigenvalue weighted by Gasteiger charge is 2.25. The maximum atomic E-state index is 10.8. The molecule has 2 atom stereocenters. The van der Waals surface area contributed by atoms with Crippen LogP contribution in [0.15, 0.2) is 0 Å². The van der Waals surface area contributed by atoms with Crippen molar-refractivity contribution in [3.63, 3.8) is 0 Å². The molecule has 0 bridgehead atoms. The van der Waals surface area contributed by atoms with Crippen LogP contribution in [0.3, 0.4) is 0 Å². The predicted molar refractivity (Wildman–Crippen MR) is 58.8 cm³/mol. The van der Waals surface area contributed by atoms with Gasteiger partial charge < -0.3 is 10.2 Å². The van der Waals surface area contributed by atoms with Gasteiger partial charge in [0.25, 0.3) is 0 Å². The molecule has 0 amide bonds. The van der Waals surface area contributed by atoms with Gasteiger partial charge in [-0.05, 0) is 11.8 Å². The van der Waals surface area contributed by atoms with Gasteiger partial charge in [-0.15, -0.1) is 0 Å². The molecule has 16 heavy (non-hydrogen) atoms. The number of carboxylic acids is 2. The summed E-state index contributed by atoms with van der Waals surface area (Å²) in [5, 5.41) is 17.8. The van der Waals surface area contributed by atoms with E-state index in [1.165, 1.54) is 0 Å². The van der Waals surface area contributed by atoms with Gasteiger partial charge in [-0.3, -0.25) is 9.59 Å². The lowest BCUT2D eigenvalue weighted by molar-refractivity contribution is -0.144. The van der Waals surface area contributed by atoms with E-state index in [1.54, 1.807) is 27.7 Å². The Morgan fingerprint density at radius 3 is 1.19 bits per heavy atom. The van der Waals surface area contributed by atoms with E-state index in [2.05, 4.69) is 10.9 Å². The van der Waals surface area contributed by atoms with Crippen LogP contribution in [0.5, 0.6) is 0 Å². The van der Waals surface area contributed by atoms with Gasteiger partial charge in [-0.2, -0.15) is 0 Å². The van der Waals surface area contributed by atoms with Gasteiger partial charge >= 0.3 is 11.9 Å². The Kier molecular flexibility index (Phi) is 5.98. The van der Waals surface area contributed by atoms with E-state index >= 15 is 0 Å². The molecule has 0 unspecified atom stereocenters. The van der Waals surface area contributed by atoms with E-state index in [1.807, 2.05) is 0 Å². The molecule has 6 nitrogen and oxygen atoms in total. The minimum absolute atomic E-state index is 0.133. The normalized spacial score (nSPS) is 15.1. The van der Waals surface area contributed by atoms with Crippen molar-refractivity contribution in [2.75, 3.05) is 0 Å². The van der Waals surface area contributed by atoms with E-state index in [0.717, 1.165) is 0 Å². The minimum Gasteiger partial charge on any atom is -0.480 e. The molecule has 94 valence electrons. The zero-order chi connectivity index (χ0) is 12.9. The van der Waals surface area contributed by atoms with Gasteiger partial charge in [0, 0.05) is 0 Å². The molecule has 0 radical (unpaired) electrons. The topological polar surface area (TPSA) is 98.7 Å². The van der Waals surface area contributed by atoms with Gasteiger partial charge in [-0.25, -0.2) is 10.9 Å². The van der Waals surface area contributed by atoms with Crippen molar-refractivity contribution < 1.29 is 19.8 Å². The SMILES string of the molecule is CC(C)[C@H](NN[C@@H](C(=O)O)C(C)C)C(=O)O. The van der Waals surface area contributed by atoms with Crippen molar-refractivity contribution in [3.05, 3.63) is 0 Å². The Bertz CT molecular complexity index is 227. The summed E-state index contributed by atoms with van der Waals surface area (Å²) in [5.74, 6) is -2.27. The summed E-state index contributed by atoms with van der Waals surface area (Å²) in [7, 11) is 0. The molecule has 6 heteroatoms. The average molecular weight is 232 g/mol. The van der Waals surface area contributed by atoms with E-state index < -0.39 is 24.0 Å². The highest BCUT2D eigenvalue weighted by molar-refractivity contribution is 5.75. The lowest BCUT2D eigenvalue weighted by Crippen LogP contribution is -2.55. The van der Waals surface area contributed by atoms with Gasteiger partial charge in [0.1, 0.15) is 12.1 Å². The summed E-state index contributed by atoms with van der Waals surface area (Å²) < 4.78 is 0. The highest BCUT2D eigenvalue weighted by Crippen LogP contribution is 2.03. The summed E-state index contributed by atoms with van der Waals surface area (Å²) >= 11 is 0. The first-order chi connectivity index (χ1) is 7.27. The largest absolute Gasteiger partial charge is 0.480 e. The standard InChI is InChI=1S/C10H20N2O4/c1-5(2)7(9(13)14)11-12-8(6(3)4)10(15)16/h5-8,11-12H,1-4H3,(H,13,14)(H,15,16)/t7-,8+. The van der Waals surface area contributed by atoms with Crippen LogP contribution in [-0.2, 0) is 9.59 Å². The minimum atomic E-state index is -1.00. The molecule has 0 aromatic rings. The molecule has 0 saturated carbocycles. The number of carbonyl (C=O) groups is 2. The number of rotatable bonds is 7. The monoisotopic (exact) mass is 232 g/mol. The van der Waals surface area contributed by atoms with Crippen LogP contribution in [0.1, 0.15) is 27.7 Å². The Balaban J connectivity index is 4.38. The fourth-order valence-electron chi connectivity index (χ4n) is 1.21. The number of hydrogen-bond donors (Lipinski definition) is 4. The van der Waals surface area contributed by atoms with Crippen molar-refractivity contribution in [1.29, 1.82) is 0 Å². The van der Waals surface area contributed by atoms with Crippen molar-refractivity contribution in [2.45, 2.75) is 39.8 Å². The predicted octanol–water partition coefficient (Wildman–Crippen LogP) is 0.299. The third-order valence-electron chi connectivity index (χ3n) is 2.26. The summed E-state index contributed by atoms with van der Waals surface area (Å²) in [6.45, 7) is 6.99. The molecule has 0 aliphatic rings. The molecule has 4 N–H and O–H groups in total. The zero-order valence-corrected chi connectivity index (χ0v) is 10.0. The second-order valence-electron chi connectivity index (χ2n) is 4.41. The number of nitrogens with one attached hydrogen (secondary N) is 2. The molecule has 0 spiro atoms. The maximum absolute atomic E-state index is 10.8.